The van der Waals surface area contributed by atoms with Crippen LogP contribution in [0.5, 0.6) is 5.75 Å². The van der Waals surface area contributed by atoms with Gasteiger partial charge >= 0.3 is 0 Å². The molecule has 0 radical (unpaired) electrons. The second kappa shape index (κ2) is 5.97. The lowest BCUT2D eigenvalue weighted by atomic mass is 9.79. The number of ether oxygens (including phenoxy) is 1. The number of rotatable bonds is 2. The van der Waals surface area contributed by atoms with Crippen LogP contribution in [0.15, 0.2) is 66.7 Å². The van der Waals surface area contributed by atoms with Gasteiger partial charge in [0, 0.05) is 17.4 Å². The molecular formula is C22H20O. The Balaban J connectivity index is 1.64. The van der Waals surface area contributed by atoms with Gasteiger partial charge < -0.3 is 4.74 Å². The first kappa shape index (κ1) is 14.2. The highest BCUT2D eigenvalue weighted by atomic mass is 16.5. The minimum Gasteiger partial charge on any atom is -0.497 e. The van der Waals surface area contributed by atoms with Gasteiger partial charge in [0.1, 0.15) is 5.75 Å². The van der Waals surface area contributed by atoms with E-state index in [1.165, 1.54) is 12.0 Å². The summed E-state index contributed by atoms with van der Waals surface area (Å²) in [5, 5.41) is 0. The average molecular weight is 300 g/mol. The smallest absolute Gasteiger partial charge is 0.118 e. The Morgan fingerprint density at radius 2 is 1.65 bits per heavy atom. The molecule has 1 fully saturated rings. The minimum absolute atomic E-state index is 0.415. The number of methoxy groups -OCH3 is 1. The van der Waals surface area contributed by atoms with Gasteiger partial charge in [-0.2, -0.15) is 0 Å². The van der Waals surface area contributed by atoms with Gasteiger partial charge in [0.05, 0.1) is 7.11 Å². The van der Waals surface area contributed by atoms with Crippen molar-refractivity contribution in [1.29, 1.82) is 0 Å². The van der Waals surface area contributed by atoms with Crippen LogP contribution in [-0.4, -0.2) is 7.11 Å². The topological polar surface area (TPSA) is 9.23 Å². The van der Waals surface area contributed by atoms with Gasteiger partial charge in [-0.05, 0) is 48.1 Å². The lowest BCUT2D eigenvalue weighted by Gasteiger charge is -2.24. The summed E-state index contributed by atoms with van der Waals surface area (Å²) in [7, 11) is 1.71. The zero-order chi connectivity index (χ0) is 15.6. The quantitative estimate of drug-likeness (QED) is 0.579. The number of benzene rings is 2. The molecule has 0 N–H and O–H groups in total. The Morgan fingerprint density at radius 1 is 0.913 bits per heavy atom. The minimum atomic E-state index is 0.415. The third kappa shape index (κ3) is 2.66. The van der Waals surface area contributed by atoms with E-state index in [-0.39, 0.29) is 0 Å². The molecule has 0 amide bonds. The molecule has 0 heterocycles. The van der Waals surface area contributed by atoms with E-state index in [0.717, 1.165) is 11.3 Å². The fraction of sp³-hybridized carbons (Fsp3) is 0.273. The number of fused-ring (bicyclic) bond motifs is 2. The molecule has 2 aromatic carbocycles. The SMILES string of the molecule is COc1ccc(C2C3C=CC(C3)C2C#Cc2ccccc2)cc1. The summed E-state index contributed by atoms with van der Waals surface area (Å²) >= 11 is 0. The van der Waals surface area contributed by atoms with E-state index >= 15 is 0 Å². The van der Waals surface area contributed by atoms with Crippen LogP contribution in [0, 0.1) is 29.6 Å². The van der Waals surface area contributed by atoms with Crippen molar-refractivity contribution < 1.29 is 4.74 Å². The maximum atomic E-state index is 5.28. The second-order valence-electron chi connectivity index (χ2n) is 6.41. The normalized spacial score (nSPS) is 27.5. The van der Waals surface area contributed by atoms with Gasteiger partial charge in [0.15, 0.2) is 0 Å². The Bertz CT molecular complexity index is 761. The highest BCUT2D eigenvalue weighted by Gasteiger charge is 2.44. The molecule has 1 saturated carbocycles. The van der Waals surface area contributed by atoms with E-state index in [1.807, 2.05) is 18.2 Å². The molecule has 23 heavy (non-hydrogen) atoms. The maximum absolute atomic E-state index is 5.28. The van der Waals surface area contributed by atoms with Gasteiger partial charge in [-0.15, -0.1) is 0 Å². The van der Waals surface area contributed by atoms with Crippen molar-refractivity contribution in [3.05, 3.63) is 77.9 Å². The van der Waals surface area contributed by atoms with Crippen LogP contribution >= 0.6 is 0 Å². The molecule has 2 aromatic rings. The van der Waals surface area contributed by atoms with Gasteiger partial charge in [0.25, 0.3) is 0 Å². The van der Waals surface area contributed by atoms with E-state index in [9.17, 15) is 0 Å². The van der Waals surface area contributed by atoms with Gasteiger partial charge in [-0.1, -0.05) is 54.3 Å². The molecule has 0 aromatic heterocycles. The number of hydrogen-bond donors (Lipinski definition) is 0. The Kier molecular flexibility index (Phi) is 3.67. The first-order chi connectivity index (χ1) is 11.3. The summed E-state index contributed by atoms with van der Waals surface area (Å²) < 4.78 is 5.28. The third-order valence-electron chi connectivity index (χ3n) is 5.12. The molecule has 4 rings (SSSR count). The predicted molar refractivity (Wildman–Crippen MR) is 93.3 cm³/mol. The van der Waals surface area contributed by atoms with Crippen LogP contribution in [0.1, 0.15) is 23.5 Å². The lowest BCUT2D eigenvalue weighted by molar-refractivity contribution is 0.414. The molecule has 0 saturated heterocycles. The van der Waals surface area contributed by atoms with Crippen molar-refractivity contribution >= 4 is 0 Å². The molecule has 0 spiro atoms. The van der Waals surface area contributed by atoms with E-state index in [2.05, 4.69) is 60.4 Å². The monoisotopic (exact) mass is 300 g/mol. The van der Waals surface area contributed by atoms with Crippen LogP contribution in [0.3, 0.4) is 0 Å². The van der Waals surface area contributed by atoms with Crippen molar-refractivity contribution in [2.24, 2.45) is 17.8 Å². The third-order valence-corrected chi connectivity index (χ3v) is 5.12. The highest BCUT2D eigenvalue weighted by molar-refractivity contribution is 5.40. The molecule has 2 bridgehead atoms. The first-order valence-corrected chi connectivity index (χ1v) is 8.24. The van der Waals surface area contributed by atoms with Crippen molar-refractivity contribution in [3.8, 4) is 17.6 Å². The second-order valence-corrected chi connectivity index (χ2v) is 6.41. The number of allylic oxidation sites excluding steroid dienone is 2. The van der Waals surface area contributed by atoms with Crippen molar-refractivity contribution in [2.45, 2.75) is 12.3 Å². The van der Waals surface area contributed by atoms with Crippen LogP contribution in [-0.2, 0) is 0 Å². The van der Waals surface area contributed by atoms with E-state index < -0.39 is 0 Å². The summed E-state index contributed by atoms with van der Waals surface area (Å²) in [5.74, 6) is 10.0. The average Bonchev–Trinajstić information content (AvgIpc) is 3.22. The molecule has 1 heteroatoms. The Morgan fingerprint density at radius 3 is 2.39 bits per heavy atom. The molecule has 2 aliphatic carbocycles. The zero-order valence-corrected chi connectivity index (χ0v) is 13.3. The Hall–Kier alpha value is -2.46. The molecule has 0 aliphatic heterocycles. The van der Waals surface area contributed by atoms with Gasteiger partial charge in [-0.25, -0.2) is 0 Å². The van der Waals surface area contributed by atoms with E-state index in [1.54, 1.807) is 7.11 Å². The fourth-order valence-corrected chi connectivity index (χ4v) is 3.99. The lowest BCUT2D eigenvalue weighted by Crippen LogP contribution is -2.16. The van der Waals surface area contributed by atoms with E-state index in [0.29, 0.717) is 23.7 Å². The summed E-state index contributed by atoms with van der Waals surface area (Å²) in [6.45, 7) is 0. The molecule has 1 nitrogen and oxygen atoms in total. The summed E-state index contributed by atoms with van der Waals surface area (Å²) in [6, 6.07) is 18.8. The van der Waals surface area contributed by atoms with Crippen molar-refractivity contribution in [2.75, 3.05) is 7.11 Å². The summed E-state index contributed by atoms with van der Waals surface area (Å²) in [6.07, 6.45) is 6.00. The van der Waals surface area contributed by atoms with Crippen molar-refractivity contribution in [1.82, 2.24) is 0 Å². The first-order valence-electron chi connectivity index (χ1n) is 8.24. The summed E-state index contributed by atoms with van der Waals surface area (Å²) in [4.78, 5) is 0. The molecule has 4 unspecified atom stereocenters. The highest BCUT2D eigenvalue weighted by Crippen LogP contribution is 2.52. The molecule has 114 valence electrons. The summed E-state index contributed by atoms with van der Waals surface area (Å²) in [5.41, 5.74) is 2.49. The van der Waals surface area contributed by atoms with Crippen molar-refractivity contribution in [3.63, 3.8) is 0 Å². The molecule has 2 aliphatic rings. The van der Waals surface area contributed by atoms with Crippen LogP contribution in [0.4, 0.5) is 0 Å². The maximum Gasteiger partial charge on any atom is 0.118 e. The van der Waals surface area contributed by atoms with Crippen LogP contribution in [0.25, 0.3) is 0 Å². The fourth-order valence-electron chi connectivity index (χ4n) is 3.99. The van der Waals surface area contributed by atoms with E-state index in [4.69, 9.17) is 4.74 Å². The largest absolute Gasteiger partial charge is 0.497 e. The number of hydrogen-bond acceptors (Lipinski definition) is 1. The predicted octanol–water partition coefficient (Wildman–Crippen LogP) is 4.65. The zero-order valence-electron chi connectivity index (χ0n) is 13.3. The van der Waals surface area contributed by atoms with Crippen LogP contribution in [0.2, 0.25) is 0 Å². The molecular weight excluding hydrogens is 280 g/mol. The standard InChI is InChI=1S/C22H20O/c1-23-20-12-10-17(11-13-20)22-19-9-8-18(15-19)21(22)14-7-16-5-3-2-4-6-16/h2-6,8-13,18-19,21-22H,15H2,1H3. The Labute approximate surface area is 138 Å². The van der Waals surface area contributed by atoms with Crippen LogP contribution < -0.4 is 4.74 Å². The van der Waals surface area contributed by atoms with Gasteiger partial charge in [0.2, 0.25) is 0 Å². The van der Waals surface area contributed by atoms with Gasteiger partial charge in [-0.3, -0.25) is 0 Å². The molecule has 4 atom stereocenters.